The molecule has 0 bridgehead atoms. The predicted octanol–water partition coefficient (Wildman–Crippen LogP) is 9.02. The fourth-order valence-electron chi connectivity index (χ4n) is 5.31. The van der Waals surface area contributed by atoms with Crippen LogP contribution in [-0.2, 0) is 42.7 Å². The van der Waals surface area contributed by atoms with Crippen molar-refractivity contribution in [1.82, 2.24) is 0 Å². The van der Waals surface area contributed by atoms with Gasteiger partial charge in [-0.2, -0.15) is 0 Å². The van der Waals surface area contributed by atoms with Gasteiger partial charge in [-0.05, 0) is 57.8 Å². The third-order valence-electron chi connectivity index (χ3n) is 8.13. The molecule has 1 aliphatic carbocycles. The fourth-order valence-corrected chi connectivity index (χ4v) is 5.31. The van der Waals surface area contributed by atoms with Gasteiger partial charge in [0.15, 0.2) is 0 Å². The van der Waals surface area contributed by atoms with Gasteiger partial charge in [-0.15, -0.1) is 0 Å². The molecule has 0 amide bonds. The average molecular weight is 614 g/mol. The number of hydrogen-bond acceptors (Lipinski definition) is 5. The van der Waals surface area contributed by atoms with Gasteiger partial charge >= 0.3 is 21.0 Å². The van der Waals surface area contributed by atoms with Gasteiger partial charge in [-0.3, -0.25) is 9.98 Å². The van der Waals surface area contributed by atoms with E-state index in [0.717, 1.165) is 65.3 Å². The summed E-state index contributed by atoms with van der Waals surface area (Å²) in [6, 6.07) is 8.53. The van der Waals surface area contributed by atoms with Crippen LogP contribution in [0.25, 0.3) is 0 Å². The average Bonchev–Trinajstić information content (AvgIpc) is 2.86. The number of phenolic OH excluding ortho intramolecular Hbond substituents is 2. The van der Waals surface area contributed by atoms with E-state index in [-0.39, 0.29) is 33.7 Å². The Morgan fingerprint density at radius 2 is 0.905 bits per heavy atom. The number of benzene rings is 2. The van der Waals surface area contributed by atoms with Gasteiger partial charge in [-0.1, -0.05) is 108 Å². The van der Waals surface area contributed by atoms with E-state index in [1.807, 2.05) is 12.4 Å². The zero-order valence-electron chi connectivity index (χ0n) is 28.1. The summed E-state index contributed by atoms with van der Waals surface area (Å²) in [6.45, 7) is 26.0. The van der Waals surface area contributed by atoms with E-state index in [0.29, 0.717) is 11.5 Å². The van der Waals surface area contributed by atoms with Crippen LogP contribution >= 0.6 is 0 Å². The molecule has 0 spiro atoms. The zero-order chi connectivity index (χ0) is 32.3. The summed E-state index contributed by atoms with van der Waals surface area (Å²) < 4.78 is 8.19. The third-order valence-corrected chi connectivity index (χ3v) is 8.13. The van der Waals surface area contributed by atoms with Gasteiger partial charge in [0.05, 0.1) is 12.1 Å². The zero-order valence-corrected chi connectivity index (χ0v) is 29.5. The molecule has 231 valence electrons. The summed E-state index contributed by atoms with van der Waals surface area (Å²) >= 11 is 1.06. The second-order valence-corrected chi connectivity index (χ2v) is 15.9. The van der Waals surface area contributed by atoms with Crippen molar-refractivity contribution >= 4 is 12.4 Å². The minimum atomic E-state index is -0.179. The number of phenols is 2. The first-order chi connectivity index (χ1) is 19.2. The molecule has 2 atom stereocenters. The van der Waals surface area contributed by atoms with Crippen LogP contribution in [0.3, 0.4) is 0 Å². The van der Waals surface area contributed by atoms with E-state index in [1.165, 1.54) is 11.1 Å². The molecule has 0 aliphatic heterocycles. The molecule has 2 N–H and O–H groups in total. The molecule has 0 aromatic heterocycles. The minimum absolute atomic E-state index is 0.0378. The van der Waals surface area contributed by atoms with Crippen molar-refractivity contribution in [1.29, 1.82) is 0 Å². The van der Waals surface area contributed by atoms with E-state index in [4.69, 9.17) is 13.7 Å². The Morgan fingerprint density at radius 3 is 1.17 bits per heavy atom. The third kappa shape index (κ3) is 9.13. The van der Waals surface area contributed by atoms with E-state index < -0.39 is 0 Å². The molecule has 2 aromatic rings. The fraction of sp³-hybridized carbons (Fsp3) is 0.611. The second kappa shape index (κ2) is 13.6. The van der Waals surface area contributed by atoms with E-state index >= 15 is 0 Å². The van der Waals surface area contributed by atoms with E-state index in [9.17, 15) is 10.2 Å². The van der Waals surface area contributed by atoms with Crippen molar-refractivity contribution in [3.05, 3.63) is 57.6 Å². The molecule has 3 rings (SSSR count). The first kappa shape index (κ1) is 36.0. The Hall–Kier alpha value is -2.24. The molecule has 0 heterocycles. The monoisotopic (exact) mass is 613 g/mol. The van der Waals surface area contributed by atoms with E-state index in [2.05, 4.69) is 107 Å². The Bertz CT molecular complexity index is 1190. The molecule has 0 unspecified atom stereocenters. The molecule has 0 radical (unpaired) electrons. The molecular formula is C36H54N2O3V. The van der Waals surface area contributed by atoms with Crippen LogP contribution < -0.4 is 0 Å². The summed E-state index contributed by atoms with van der Waals surface area (Å²) in [5.74, 6) is 0.637. The molecule has 1 fully saturated rings. The van der Waals surface area contributed by atoms with Crippen LogP contribution in [-0.4, -0.2) is 34.7 Å². The Balaban J connectivity index is 0.00000301. The van der Waals surface area contributed by atoms with Crippen LogP contribution in [0.1, 0.15) is 142 Å². The Kier molecular flexibility index (Phi) is 11.6. The molecule has 2 aromatic carbocycles. The first-order valence-electron chi connectivity index (χ1n) is 15.2. The SMILES string of the molecule is CC(C)(C)c1cc(C=N[C@@H]2CCCC[C@H]2N=Cc2cc(C(C)(C)C)cc(C(C)(C)C)c2O)c(O)c(C(C)(C)C)c1.[O]=[V]. The summed E-state index contributed by atoms with van der Waals surface area (Å²) in [7, 11) is 0. The number of rotatable bonds is 4. The predicted molar refractivity (Wildman–Crippen MR) is 173 cm³/mol. The standard InChI is InChI=1S/C36H54N2O2.O.V/c1-33(2,3)25-17-23(31(39)27(19-25)35(7,8)9)21-37-29-15-13-14-16-30(29)38-22-24-18-26(34(4,5)6)20-28(32(24)40)36(10,11)12;;/h17-22,29-30,39-40H,13-16H2,1-12H3;;/t29-,30-;;/m1../s1. The van der Waals surface area contributed by atoms with Gasteiger partial charge in [0, 0.05) is 34.7 Å². The second-order valence-electron chi connectivity index (χ2n) is 15.9. The normalized spacial score (nSPS) is 18.7. The van der Waals surface area contributed by atoms with Crippen molar-refractivity contribution < 1.29 is 31.3 Å². The number of aromatic hydroxyl groups is 2. The molecule has 1 aliphatic rings. The van der Waals surface area contributed by atoms with Crippen LogP contribution in [0, 0.1) is 0 Å². The topological polar surface area (TPSA) is 82.2 Å². The van der Waals surface area contributed by atoms with Crippen molar-refractivity contribution in [3.63, 3.8) is 0 Å². The molecule has 6 heteroatoms. The Morgan fingerprint density at radius 1 is 0.595 bits per heavy atom. The van der Waals surface area contributed by atoms with Gasteiger partial charge in [0.25, 0.3) is 0 Å². The molecule has 42 heavy (non-hydrogen) atoms. The molecule has 0 saturated heterocycles. The van der Waals surface area contributed by atoms with Crippen LogP contribution in [0.2, 0.25) is 0 Å². The summed E-state index contributed by atoms with van der Waals surface area (Å²) in [5, 5.41) is 22.5. The van der Waals surface area contributed by atoms with Crippen LogP contribution in [0.15, 0.2) is 34.3 Å². The maximum absolute atomic E-state index is 11.2. The summed E-state index contributed by atoms with van der Waals surface area (Å²) in [4.78, 5) is 10.1. The van der Waals surface area contributed by atoms with Gasteiger partial charge in [-0.25, -0.2) is 0 Å². The van der Waals surface area contributed by atoms with Crippen molar-refractivity contribution in [3.8, 4) is 11.5 Å². The molecule has 1 saturated carbocycles. The first-order valence-corrected chi connectivity index (χ1v) is 15.8. The van der Waals surface area contributed by atoms with Crippen molar-refractivity contribution in [2.45, 2.75) is 143 Å². The number of hydrogen-bond donors (Lipinski definition) is 2. The van der Waals surface area contributed by atoms with Gasteiger partial charge < -0.3 is 10.2 Å². The summed E-state index contributed by atoms with van der Waals surface area (Å²) in [6.07, 6.45) is 7.90. The maximum atomic E-state index is 11.2. The van der Waals surface area contributed by atoms with Crippen molar-refractivity contribution in [2.24, 2.45) is 9.98 Å². The summed E-state index contributed by atoms with van der Waals surface area (Å²) in [5.41, 5.74) is 5.39. The quantitative estimate of drug-likeness (QED) is 0.338. The van der Waals surface area contributed by atoms with Gasteiger partial charge in [0.2, 0.25) is 0 Å². The number of aliphatic imine (C=N–C) groups is 2. The van der Waals surface area contributed by atoms with Crippen molar-refractivity contribution in [2.75, 3.05) is 0 Å². The Labute approximate surface area is 264 Å². The number of nitrogens with zero attached hydrogens (tertiary/aromatic N) is 2. The molecule has 5 nitrogen and oxygen atoms in total. The van der Waals surface area contributed by atoms with Crippen LogP contribution in [0.5, 0.6) is 11.5 Å². The van der Waals surface area contributed by atoms with Crippen LogP contribution in [0.4, 0.5) is 0 Å². The van der Waals surface area contributed by atoms with Gasteiger partial charge in [0.1, 0.15) is 11.5 Å². The van der Waals surface area contributed by atoms with E-state index in [1.54, 1.807) is 0 Å². The molecular weight excluding hydrogens is 559 g/mol.